The van der Waals surface area contributed by atoms with E-state index >= 15 is 0 Å². The fourth-order valence-electron chi connectivity index (χ4n) is 1.76. The molecule has 2 rings (SSSR count). The van der Waals surface area contributed by atoms with Crippen LogP contribution in [-0.2, 0) is 25.6 Å². The number of ether oxygens (including phenoxy) is 1. The molecule has 2 aromatic rings. The first-order valence-corrected chi connectivity index (χ1v) is 8.16. The third-order valence-electron chi connectivity index (χ3n) is 2.88. The van der Waals surface area contributed by atoms with Gasteiger partial charge in [-0.3, -0.25) is 0 Å². The SMILES string of the molecule is CCC(OCc1ccccc1)OS(=O)(=O)c1ccccc1. The summed E-state index contributed by atoms with van der Waals surface area (Å²) in [4.78, 5) is 0.131. The molecule has 0 saturated carbocycles. The fraction of sp³-hybridized carbons (Fsp3) is 0.250. The molecule has 1 unspecified atom stereocenters. The molecule has 0 saturated heterocycles. The third-order valence-corrected chi connectivity index (χ3v) is 4.20. The smallest absolute Gasteiger partial charge is 0.299 e. The summed E-state index contributed by atoms with van der Waals surface area (Å²) < 4.78 is 34.9. The van der Waals surface area contributed by atoms with Gasteiger partial charge < -0.3 is 4.74 Å². The second-order valence-corrected chi connectivity index (χ2v) is 6.07. The summed E-state index contributed by atoms with van der Waals surface area (Å²) in [7, 11) is -3.80. The Labute approximate surface area is 125 Å². The van der Waals surface area contributed by atoms with Crippen LogP contribution < -0.4 is 0 Å². The number of rotatable bonds is 7. The van der Waals surface area contributed by atoms with Gasteiger partial charge in [-0.15, -0.1) is 0 Å². The van der Waals surface area contributed by atoms with Crippen molar-refractivity contribution in [3.63, 3.8) is 0 Å². The second kappa shape index (κ2) is 7.36. The summed E-state index contributed by atoms with van der Waals surface area (Å²) in [5, 5.41) is 0. The largest absolute Gasteiger partial charge is 0.347 e. The van der Waals surface area contributed by atoms with Crippen molar-refractivity contribution in [2.75, 3.05) is 0 Å². The van der Waals surface area contributed by atoms with Crippen LogP contribution in [0.4, 0.5) is 0 Å². The molecule has 0 spiro atoms. The normalized spacial score (nSPS) is 13.0. The Bertz CT molecular complexity index is 638. The Hall–Kier alpha value is -1.69. The average molecular weight is 306 g/mol. The number of hydrogen-bond donors (Lipinski definition) is 0. The van der Waals surface area contributed by atoms with Gasteiger partial charge in [-0.1, -0.05) is 55.5 Å². The highest BCUT2D eigenvalue weighted by Gasteiger charge is 2.20. The lowest BCUT2D eigenvalue weighted by molar-refractivity contribution is -0.0869. The Morgan fingerprint density at radius 1 is 0.952 bits per heavy atom. The van der Waals surface area contributed by atoms with Gasteiger partial charge in [-0.25, -0.2) is 4.18 Å². The van der Waals surface area contributed by atoms with Gasteiger partial charge in [0.15, 0.2) is 6.29 Å². The lowest BCUT2D eigenvalue weighted by atomic mass is 10.2. The van der Waals surface area contributed by atoms with E-state index in [0.29, 0.717) is 13.0 Å². The molecular weight excluding hydrogens is 288 g/mol. The van der Waals surface area contributed by atoms with Crippen LogP contribution in [0, 0.1) is 0 Å². The van der Waals surface area contributed by atoms with Crippen LogP contribution in [0.2, 0.25) is 0 Å². The maximum atomic E-state index is 12.1. The van der Waals surface area contributed by atoms with Gasteiger partial charge in [0, 0.05) is 0 Å². The van der Waals surface area contributed by atoms with Crippen molar-refractivity contribution in [1.82, 2.24) is 0 Å². The molecular formula is C16H18O4S. The first-order valence-electron chi connectivity index (χ1n) is 6.75. The maximum absolute atomic E-state index is 12.1. The lowest BCUT2D eigenvalue weighted by Gasteiger charge is -2.16. The van der Waals surface area contributed by atoms with Crippen LogP contribution in [0.25, 0.3) is 0 Å². The standard InChI is InChI=1S/C16H18O4S/c1-2-16(19-13-14-9-5-3-6-10-14)20-21(17,18)15-11-7-4-8-12-15/h3-12,16H,2,13H2,1H3. The van der Waals surface area contributed by atoms with Crippen LogP contribution in [0.3, 0.4) is 0 Å². The molecule has 0 aliphatic heterocycles. The number of benzene rings is 2. The van der Waals surface area contributed by atoms with Gasteiger partial charge in [0.2, 0.25) is 0 Å². The van der Waals surface area contributed by atoms with Gasteiger partial charge in [0.05, 0.1) is 11.5 Å². The number of hydrogen-bond acceptors (Lipinski definition) is 4. The minimum Gasteiger partial charge on any atom is -0.347 e. The Morgan fingerprint density at radius 2 is 1.52 bits per heavy atom. The zero-order valence-electron chi connectivity index (χ0n) is 11.8. The zero-order valence-corrected chi connectivity index (χ0v) is 12.6. The Morgan fingerprint density at radius 3 is 2.10 bits per heavy atom. The van der Waals surface area contributed by atoms with Gasteiger partial charge in [-0.2, -0.15) is 8.42 Å². The summed E-state index contributed by atoms with van der Waals surface area (Å²) in [5.41, 5.74) is 0.969. The molecule has 0 heterocycles. The molecule has 4 nitrogen and oxygen atoms in total. The highest BCUT2D eigenvalue weighted by Crippen LogP contribution is 2.16. The Kier molecular flexibility index (Phi) is 5.50. The molecule has 0 aliphatic rings. The van der Waals surface area contributed by atoms with Crippen molar-refractivity contribution in [3.05, 3.63) is 66.2 Å². The predicted octanol–water partition coefficient (Wildman–Crippen LogP) is 3.34. The first-order chi connectivity index (χ1) is 10.1. The third kappa shape index (κ3) is 4.67. The van der Waals surface area contributed by atoms with E-state index in [1.54, 1.807) is 18.2 Å². The Balaban J connectivity index is 1.99. The molecule has 0 aromatic heterocycles. The van der Waals surface area contributed by atoms with Gasteiger partial charge >= 0.3 is 0 Å². The minimum atomic E-state index is -3.80. The molecule has 112 valence electrons. The molecule has 0 bridgehead atoms. The summed E-state index contributed by atoms with van der Waals surface area (Å²) in [6.45, 7) is 2.12. The van der Waals surface area contributed by atoms with Crippen LogP contribution >= 0.6 is 0 Å². The van der Waals surface area contributed by atoms with Crippen molar-refractivity contribution >= 4 is 10.1 Å². The molecule has 2 aromatic carbocycles. The van der Waals surface area contributed by atoms with E-state index in [2.05, 4.69) is 0 Å². The average Bonchev–Trinajstić information content (AvgIpc) is 2.53. The molecule has 0 N–H and O–H groups in total. The van der Waals surface area contributed by atoms with E-state index in [-0.39, 0.29) is 4.90 Å². The molecule has 0 radical (unpaired) electrons. The fourth-order valence-corrected chi connectivity index (χ4v) is 2.84. The van der Waals surface area contributed by atoms with Gasteiger partial charge in [0.1, 0.15) is 0 Å². The molecule has 5 heteroatoms. The molecule has 0 fully saturated rings. The van der Waals surface area contributed by atoms with Gasteiger partial charge in [0.25, 0.3) is 10.1 Å². The van der Waals surface area contributed by atoms with Gasteiger partial charge in [-0.05, 0) is 24.1 Å². The predicted molar refractivity (Wildman–Crippen MR) is 80.0 cm³/mol. The minimum absolute atomic E-state index is 0.131. The van der Waals surface area contributed by atoms with E-state index in [1.165, 1.54) is 12.1 Å². The molecule has 0 aliphatic carbocycles. The van der Waals surface area contributed by atoms with Crippen molar-refractivity contribution in [2.24, 2.45) is 0 Å². The van der Waals surface area contributed by atoms with Crippen LogP contribution in [0.15, 0.2) is 65.6 Å². The van der Waals surface area contributed by atoms with E-state index < -0.39 is 16.4 Å². The second-order valence-electron chi connectivity index (χ2n) is 4.50. The summed E-state index contributed by atoms with van der Waals surface area (Å²) in [6, 6.07) is 17.6. The summed E-state index contributed by atoms with van der Waals surface area (Å²) in [5.74, 6) is 0. The molecule has 1 atom stereocenters. The van der Waals surface area contributed by atoms with E-state index in [9.17, 15) is 8.42 Å². The lowest BCUT2D eigenvalue weighted by Crippen LogP contribution is -2.21. The van der Waals surface area contributed by atoms with Crippen molar-refractivity contribution in [2.45, 2.75) is 31.1 Å². The van der Waals surface area contributed by atoms with Crippen molar-refractivity contribution in [1.29, 1.82) is 0 Å². The van der Waals surface area contributed by atoms with E-state index in [1.807, 2.05) is 37.3 Å². The van der Waals surface area contributed by atoms with Crippen LogP contribution in [0.1, 0.15) is 18.9 Å². The molecule has 21 heavy (non-hydrogen) atoms. The van der Waals surface area contributed by atoms with Crippen LogP contribution in [-0.4, -0.2) is 14.7 Å². The zero-order chi connectivity index (χ0) is 15.1. The maximum Gasteiger partial charge on any atom is 0.299 e. The van der Waals surface area contributed by atoms with E-state index in [0.717, 1.165) is 5.56 Å². The topological polar surface area (TPSA) is 52.6 Å². The summed E-state index contributed by atoms with van der Waals surface area (Å²) >= 11 is 0. The monoisotopic (exact) mass is 306 g/mol. The van der Waals surface area contributed by atoms with E-state index in [4.69, 9.17) is 8.92 Å². The quantitative estimate of drug-likeness (QED) is 0.581. The highest BCUT2D eigenvalue weighted by atomic mass is 32.2. The summed E-state index contributed by atoms with van der Waals surface area (Å²) in [6.07, 6.45) is -0.353. The highest BCUT2D eigenvalue weighted by molar-refractivity contribution is 7.86. The van der Waals surface area contributed by atoms with Crippen molar-refractivity contribution < 1.29 is 17.3 Å². The van der Waals surface area contributed by atoms with Crippen molar-refractivity contribution in [3.8, 4) is 0 Å². The molecule has 0 amide bonds. The first kappa shape index (κ1) is 15.7. The van der Waals surface area contributed by atoms with Crippen LogP contribution in [0.5, 0.6) is 0 Å².